The summed E-state index contributed by atoms with van der Waals surface area (Å²) in [7, 11) is 0. The lowest BCUT2D eigenvalue weighted by molar-refractivity contribution is -0.383. The van der Waals surface area contributed by atoms with Crippen molar-refractivity contribution in [1.82, 2.24) is 14.9 Å². The van der Waals surface area contributed by atoms with Crippen molar-refractivity contribution in [3.8, 4) is 0 Å². The largest absolute Gasteiger partial charge is 0.363 e. The highest BCUT2D eigenvalue weighted by atomic mass is 16.6. The van der Waals surface area contributed by atoms with Crippen LogP contribution in [-0.2, 0) is 0 Å². The number of benzene rings is 2. The summed E-state index contributed by atoms with van der Waals surface area (Å²) >= 11 is 0. The Kier molecular flexibility index (Phi) is 5.81. The van der Waals surface area contributed by atoms with E-state index in [1.54, 1.807) is 0 Å². The number of nitrogens with one attached hydrogen (secondary N) is 2. The van der Waals surface area contributed by atoms with Crippen molar-refractivity contribution in [2.24, 2.45) is 0 Å². The van der Waals surface area contributed by atoms with E-state index >= 15 is 0 Å². The van der Waals surface area contributed by atoms with Gasteiger partial charge >= 0.3 is 5.69 Å². The van der Waals surface area contributed by atoms with Crippen molar-refractivity contribution in [2.45, 2.75) is 19.3 Å². The number of nitro groups is 1. The quantitative estimate of drug-likeness (QED) is 0.460. The van der Waals surface area contributed by atoms with Crippen LogP contribution in [0.1, 0.15) is 19.3 Å². The first kappa shape index (κ1) is 19.1. The standard InChI is InChI=1S/C21H24N6O2/c28-27(29)19-20(22-11-14-26-12-4-1-5-13-26)23-15-24-21(19)25-18-10-6-8-16-7-2-3-9-17(16)18/h2-3,6-10,15H,1,4-5,11-14H2,(H2,22,23,24,25). The SMILES string of the molecule is O=[N+]([O-])c1c(NCCN2CCCCC2)ncnc1Nc1cccc2ccccc12. The Balaban J connectivity index is 1.55. The van der Waals surface area contributed by atoms with Gasteiger partial charge in [-0.05, 0) is 37.4 Å². The van der Waals surface area contributed by atoms with Gasteiger partial charge in [-0.2, -0.15) is 0 Å². The molecule has 0 aliphatic carbocycles. The van der Waals surface area contributed by atoms with Crippen molar-refractivity contribution in [3.63, 3.8) is 0 Å². The van der Waals surface area contributed by atoms with E-state index in [2.05, 4.69) is 25.5 Å². The van der Waals surface area contributed by atoms with Gasteiger partial charge in [-0.25, -0.2) is 9.97 Å². The summed E-state index contributed by atoms with van der Waals surface area (Å²) in [5.41, 5.74) is 0.628. The Morgan fingerprint density at radius 3 is 2.59 bits per heavy atom. The first-order valence-corrected chi connectivity index (χ1v) is 9.93. The Morgan fingerprint density at radius 2 is 1.76 bits per heavy atom. The van der Waals surface area contributed by atoms with Gasteiger partial charge < -0.3 is 15.5 Å². The van der Waals surface area contributed by atoms with Crippen LogP contribution in [0.15, 0.2) is 48.8 Å². The van der Waals surface area contributed by atoms with Crippen molar-refractivity contribution >= 4 is 33.8 Å². The van der Waals surface area contributed by atoms with Crippen LogP contribution >= 0.6 is 0 Å². The van der Waals surface area contributed by atoms with Gasteiger partial charge in [0, 0.05) is 24.2 Å². The van der Waals surface area contributed by atoms with E-state index in [4.69, 9.17) is 0 Å². The molecule has 0 spiro atoms. The van der Waals surface area contributed by atoms with E-state index in [9.17, 15) is 10.1 Å². The van der Waals surface area contributed by atoms with Gasteiger partial charge in [-0.3, -0.25) is 10.1 Å². The lowest BCUT2D eigenvalue weighted by Gasteiger charge is -2.26. The van der Waals surface area contributed by atoms with Gasteiger partial charge in [0.2, 0.25) is 11.6 Å². The molecule has 0 atom stereocenters. The molecule has 0 unspecified atom stereocenters. The molecule has 29 heavy (non-hydrogen) atoms. The summed E-state index contributed by atoms with van der Waals surface area (Å²) in [6, 6.07) is 13.7. The Morgan fingerprint density at radius 1 is 1.00 bits per heavy atom. The molecular formula is C21H24N6O2. The predicted octanol–water partition coefficient (Wildman–Crippen LogP) is 4.18. The monoisotopic (exact) mass is 392 g/mol. The lowest BCUT2D eigenvalue weighted by Crippen LogP contribution is -2.33. The number of rotatable bonds is 7. The maximum absolute atomic E-state index is 11.8. The third-order valence-corrected chi connectivity index (χ3v) is 5.22. The summed E-state index contributed by atoms with van der Waals surface area (Å²) in [6.45, 7) is 3.61. The van der Waals surface area contributed by atoms with Crippen LogP contribution in [0.3, 0.4) is 0 Å². The average Bonchev–Trinajstić information content (AvgIpc) is 2.75. The van der Waals surface area contributed by atoms with Crippen molar-refractivity contribution in [2.75, 3.05) is 36.8 Å². The van der Waals surface area contributed by atoms with Crippen LogP contribution in [0.4, 0.5) is 23.0 Å². The molecule has 150 valence electrons. The number of likely N-dealkylation sites (tertiary alicyclic amines) is 1. The highest BCUT2D eigenvalue weighted by Crippen LogP contribution is 2.33. The topological polar surface area (TPSA) is 96.2 Å². The number of aromatic nitrogens is 2. The van der Waals surface area contributed by atoms with E-state index < -0.39 is 4.92 Å². The molecule has 0 saturated carbocycles. The highest BCUT2D eigenvalue weighted by molar-refractivity contribution is 5.96. The van der Waals surface area contributed by atoms with Crippen LogP contribution < -0.4 is 10.6 Å². The fraction of sp³-hybridized carbons (Fsp3) is 0.333. The van der Waals surface area contributed by atoms with Crippen LogP contribution in [0.25, 0.3) is 10.8 Å². The molecular weight excluding hydrogens is 368 g/mol. The lowest BCUT2D eigenvalue weighted by atomic mass is 10.1. The minimum Gasteiger partial charge on any atom is -0.363 e. The molecule has 0 amide bonds. The van der Waals surface area contributed by atoms with E-state index in [0.29, 0.717) is 6.54 Å². The van der Waals surface area contributed by atoms with Crippen molar-refractivity contribution in [1.29, 1.82) is 0 Å². The first-order chi connectivity index (χ1) is 14.2. The fourth-order valence-electron chi connectivity index (χ4n) is 3.75. The van der Waals surface area contributed by atoms with Crippen LogP contribution in [0.2, 0.25) is 0 Å². The number of hydrogen-bond donors (Lipinski definition) is 2. The molecule has 2 aromatic carbocycles. The number of anilines is 3. The first-order valence-electron chi connectivity index (χ1n) is 9.93. The number of piperidine rings is 1. The van der Waals surface area contributed by atoms with E-state index in [0.717, 1.165) is 36.1 Å². The van der Waals surface area contributed by atoms with Crippen molar-refractivity contribution in [3.05, 3.63) is 58.9 Å². The van der Waals surface area contributed by atoms with Crippen LogP contribution in [0.5, 0.6) is 0 Å². The molecule has 8 heteroatoms. The molecule has 3 aromatic rings. The maximum atomic E-state index is 11.8. The second-order valence-corrected chi connectivity index (χ2v) is 7.16. The fourth-order valence-corrected chi connectivity index (χ4v) is 3.75. The Bertz CT molecular complexity index is 998. The van der Waals surface area contributed by atoms with Crippen LogP contribution in [0, 0.1) is 10.1 Å². The van der Waals surface area contributed by atoms with E-state index in [-0.39, 0.29) is 17.3 Å². The molecule has 1 fully saturated rings. The normalized spacial score (nSPS) is 14.6. The van der Waals surface area contributed by atoms with Gasteiger partial charge in [0.1, 0.15) is 6.33 Å². The molecule has 0 radical (unpaired) electrons. The molecule has 1 aromatic heterocycles. The third kappa shape index (κ3) is 4.43. The summed E-state index contributed by atoms with van der Waals surface area (Å²) in [5, 5.41) is 20.1. The summed E-state index contributed by atoms with van der Waals surface area (Å²) in [4.78, 5) is 22.0. The predicted molar refractivity (Wildman–Crippen MR) is 115 cm³/mol. The molecule has 4 rings (SSSR count). The Hall–Kier alpha value is -3.26. The molecule has 8 nitrogen and oxygen atoms in total. The molecule has 1 saturated heterocycles. The molecule has 0 bridgehead atoms. The van der Waals surface area contributed by atoms with Crippen molar-refractivity contribution < 1.29 is 4.92 Å². The molecule has 2 heterocycles. The minimum atomic E-state index is -0.434. The molecule has 1 aliphatic heterocycles. The maximum Gasteiger partial charge on any atom is 0.353 e. The summed E-state index contributed by atoms with van der Waals surface area (Å²) in [5.74, 6) is 0.423. The van der Waals surface area contributed by atoms with Gasteiger partial charge in [0.05, 0.1) is 4.92 Å². The Labute approximate surface area is 169 Å². The zero-order valence-electron chi connectivity index (χ0n) is 16.2. The second-order valence-electron chi connectivity index (χ2n) is 7.16. The summed E-state index contributed by atoms with van der Waals surface area (Å²) in [6.07, 6.45) is 5.06. The van der Waals surface area contributed by atoms with Crippen LogP contribution in [-0.4, -0.2) is 46.0 Å². The van der Waals surface area contributed by atoms with Gasteiger partial charge in [-0.15, -0.1) is 0 Å². The number of nitrogens with zero attached hydrogens (tertiary/aromatic N) is 4. The summed E-state index contributed by atoms with van der Waals surface area (Å²) < 4.78 is 0. The van der Waals surface area contributed by atoms with Gasteiger partial charge in [0.15, 0.2) is 0 Å². The number of hydrogen-bond acceptors (Lipinski definition) is 7. The zero-order chi connectivity index (χ0) is 20.1. The zero-order valence-corrected chi connectivity index (χ0v) is 16.2. The average molecular weight is 392 g/mol. The minimum absolute atomic E-state index is 0.140. The third-order valence-electron chi connectivity index (χ3n) is 5.22. The smallest absolute Gasteiger partial charge is 0.353 e. The number of fused-ring (bicyclic) bond motifs is 1. The molecule has 1 aliphatic rings. The van der Waals surface area contributed by atoms with Gasteiger partial charge in [0.25, 0.3) is 0 Å². The van der Waals surface area contributed by atoms with Gasteiger partial charge in [-0.1, -0.05) is 42.8 Å². The van der Waals surface area contributed by atoms with E-state index in [1.165, 1.54) is 25.6 Å². The van der Waals surface area contributed by atoms with E-state index in [1.807, 2.05) is 42.5 Å². The highest BCUT2D eigenvalue weighted by Gasteiger charge is 2.23. The molecule has 2 N–H and O–H groups in total. The second kappa shape index (κ2) is 8.83.